The highest BCUT2D eigenvalue weighted by atomic mass is 32.2. The van der Waals surface area contributed by atoms with Gasteiger partial charge in [0.15, 0.2) is 9.84 Å². The Hall–Kier alpha value is -2.28. The summed E-state index contributed by atoms with van der Waals surface area (Å²) in [6.45, 7) is 0. The number of hydrogen-bond acceptors (Lipinski definition) is 6. The zero-order chi connectivity index (χ0) is 14.0. The molecule has 0 aliphatic carbocycles. The number of benzene rings is 1. The van der Waals surface area contributed by atoms with Crippen molar-refractivity contribution in [2.75, 3.05) is 12.0 Å². The molecule has 3 N–H and O–H groups in total. The maximum Gasteiger partial charge on any atom is 0.219 e. The molecule has 0 bridgehead atoms. The normalized spacial score (nSPS) is 11.2. The van der Waals surface area contributed by atoms with Gasteiger partial charge in [-0.15, -0.1) is 0 Å². The highest BCUT2D eigenvalue weighted by Crippen LogP contribution is 2.28. The van der Waals surface area contributed by atoms with Gasteiger partial charge < -0.3 is 15.6 Å². The minimum Gasteiger partial charge on any atom is -0.506 e. The highest BCUT2D eigenvalue weighted by Gasteiger charge is 2.08. The summed E-state index contributed by atoms with van der Waals surface area (Å²) in [5.74, 6) is 0.480. The monoisotopic (exact) mass is 280 g/mol. The number of sulfone groups is 1. The predicted octanol–water partition coefficient (Wildman–Crippen LogP) is 1.57. The number of pyridine rings is 1. The van der Waals surface area contributed by atoms with Crippen molar-refractivity contribution in [2.45, 2.75) is 4.90 Å². The van der Waals surface area contributed by atoms with Gasteiger partial charge in [-0.1, -0.05) is 0 Å². The van der Waals surface area contributed by atoms with Gasteiger partial charge in [-0.2, -0.15) is 0 Å². The molecule has 0 atom stereocenters. The van der Waals surface area contributed by atoms with Crippen LogP contribution < -0.4 is 10.5 Å². The molecule has 0 saturated heterocycles. The highest BCUT2D eigenvalue weighted by molar-refractivity contribution is 7.90. The molecule has 2 aromatic rings. The van der Waals surface area contributed by atoms with E-state index in [2.05, 4.69) is 4.98 Å². The molecule has 0 aliphatic heterocycles. The van der Waals surface area contributed by atoms with Gasteiger partial charge in [0.25, 0.3) is 0 Å². The first-order valence-corrected chi connectivity index (χ1v) is 7.18. The molecular formula is C12H12N2O4S. The van der Waals surface area contributed by atoms with Gasteiger partial charge >= 0.3 is 0 Å². The molecule has 19 heavy (non-hydrogen) atoms. The molecule has 6 nitrogen and oxygen atoms in total. The standard InChI is InChI=1S/C12H12N2O4S/c1-19(16,17)9-3-5-12(14-7-9)18-8-2-4-10(13)11(15)6-8/h2-7,15H,13H2,1H3. The fraction of sp³-hybridized carbons (Fsp3) is 0.0833. The molecule has 0 radical (unpaired) electrons. The third-order valence-electron chi connectivity index (χ3n) is 2.36. The van der Waals surface area contributed by atoms with Crippen molar-refractivity contribution >= 4 is 15.5 Å². The van der Waals surface area contributed by atoms with Gasteiger partial charge in [0.05, 0.1) is 10.6 Å². The van der Waals surface area contributed by atoms with Crippen molar-refractivity contribution in [3.63, 3.8) is 0 Å². The first-order chi connectivity index (χ1) is 8.86. The van der Waals surface area contributed by atoms with Crippen molar-refractivity contribution < 1.29 is 18.3 Å². The average Bonchev–Trinajstić information content (AvgIpc) is 2.33. The second kappa shape index (κ2) is 4.77. The largest absolute Gasteiger partial charge is 0.506 e. The topological polar surface area (TPSA) is 103 Å². The van der Waals surface area contributed by atoms with Gasteiger partial charge in [-0.3, -0.25) is 0 Å². The lowest BCUT2D eigenvalue weighted by atomic mass is 10.3. The van der Waals surface area contributed by atoms with Crippen molar-refractivity contribution in [1.82, 2.24) is 4.98 Å². The molecule has 0 unspecified atom stereocenters. The average molecular weight is 280 g/mol. The summed E-state index contributed by atoms with van der Waals surface area (Å²) in [5.41, 5.74) is 5.71. The maximum absolute atomic E-state index is 11.3. The van der Waals surface area contributed by atoms with E-state index in [-0.39, 0.29) is 22.2 Å². The number of rotatable bonds is 3. The van der Waals surface area contributed by atoms with Crippen molar-refractivity contribution in [3.05, 3.63) is 36.5 Å². The predicted molar refractivity (Wildman–Crippen MR) is 69.9 cm³/mol. The molecular weight excluding hydrogens is 268 g/mol. The van der Waals surface area contributed by atoms with Crippen LogP contribution in [0.1, 0.15) is 0 Å². The zero-order valence-electron chi connectivity index (χ0n) is 10.1. The molecule has 1 aromatic heterocycles. The Kier molecular flexibility index (Phi) is 3.30. The SMILES string of the molecule is CS(=O)(=O)c1ccc(Oc2ccc(N)c(O)c2)nc1. The van der Waals surface area contributed by atoms with Crippen LogP contribution in [-0.4, -0.2) is 24.8 Å². The number of phenols is 1. The van der Waals surface area contributed by atoms with Crippen molar-refractivity contribution in [3.8, 4) is 17.4 Å². The third kappa shape index (κ3) is 3.14. The van der Waals surface area contributed by atoms with Crippen LogP contribution in [0.5, 0.6) is 17.4 Å². The Bertz CT molecular complexity index is 696. The van der Waals surface area contributed by atoms with Crippen LogP contribution >= 0.6 is 0 Å². The molecule has 100 valence electrons. The molecule has 0 fully saturated rings. The van der Waals surface area contributed by atoms with E-state index in [0.717, 1.165) is 6.26 Å². The van der Waals surface area contributed by atoms with Gasteiger partial charge in [0, 0.05) is 24.6 Å². The second-order valence-corrected chi connectivity index (χ2v) is 5.94. The minimum absolute atomic E-state index is 0.0924. The summed E-state index contributed by atoms with van der Waals surface area (Å²) < 4.78 is 27.9. The Morgan fingerprint density at radius 3 is 2.53 bits per heavy atom. The molecule has 2 rings (SSSR count). The molecule has 0 aliphatic rings. The lowest BCUT2D eigenvalue weighted by Crippen LogP contribution is -1.98. The number of anilines is 1. The number of phenolic OH excluding ortho intramolecular Hbond substituents is 1. The van der Waals surface area contributed by atoms with Crippen LogP contribution in [0.4, 0.5) is 5.69 Å². The quantitative estimate of drug-likeness (QED) is 0.653. The molecule has 0 saturated carbocycles. The van der Waals surface area contributed by atoms with Gasteiger partial charge in [-0.25, -0.2) is 13.4 Å². The minimum atomic E-state index is -3.28. The fourth-order valence-corrected chi connectivity index (χ4v) is 1.91. The van der Waals surface area contributed by atoms with Crippen molar-refractivity contribution in [1.29, 1.82) is 0 Å². The van der Waals surface area contributed by atoms with E-state index < -0.39 is 9.84 Å². The summed E-state index contributed by atoms with van der Waals surface area (Å²) in [6.07, 6.45) is 2.31. The lowest BCUT2D eigenvalue weighted by Gasteiger charge is -2.06. The second-order valence-electron chi connectivity index (χ2n) is 3.93. The van der Waals surface area contributed by atoms with Crippen LogP contribution in [0.2, 0.25) is 0 Å². The summed E-state index contributed by atoms with van der Waals surface area (Å²) >= 11 is 0. The van der Waals surface area contributed by atoms with E-state index in [9.17, 15) is 13.5 Å². The molecule has 0 spiro atoms. The van der Waals surface area contributed by atoms with E-state index >= 15 is 0 Å². The molecule has 1 aromatic carbocycles. The van der Waals surface area contributed by atoms with Crippen LogP contribution in [0.15, 0.2) is 41.4 Å². The van der Waals surface area contributed by atoms with Crippen LogP contribution in [0, 0.1) is 0 Å². The smallest absolute Gasteiger partial charge is 0.219 e. The van der Waals surface area contributed by atoms with E-state index in [4.69, 9.17) is 10.5 Å². The first kappa shape index (κ1) is 13.2. The number of nitrogens with two attached hydrogens (primary N) is 1. The fourth-order valence-electron chi connectivity index (χ4n) is 1.35. The van der Waals surface area contributed by atoms with Gasteiger partial charge in [-0.05, 0) is 18.2 Å². The number of ether oxygens (including phenoxy) is 1. The Morgan fingerprint density at radius 1 is 1.26 bits per heavy atom. The number of aromatic nitrogens is 1. The number of nitrogen functional groups attached to an aromatic ring is 1. The van der Waals surface area contributed by atoms with E-state index in [0.29, 0.717) is 5.75 Å². The molecule has 1 heterocycles. The van der Waals surface area contributed by atoms with E-state index in [1.165, 1.54) is 30.5 Å². The van der Waals surface area contributed by atoms with E-state index in [1.54, 1.807) is 6.07 Å². The molecule has 7 heteroatoms. The van der Waals surface area contributed by atoms with Gasteiger partial charge in [0.2, 0.25) is 5.88 Å². The molecule has 0 amide bonds. The maximum atomic E-state index is 11.3. The Balaban J connectivity index is 2.22. The van der Waals surface area contributed by atoms with Crippen LogP contribution in [-0.2, 0) is 9.84 Å². The zero-order valence-corrected chi connectivity index (χ0v) is 10.9. The number of nitrogens with zero attached hydrogens (tertiary/aromatic N) is 1. The van der Waals surface area contributed by atoms with Gasteiger partial charge in [0.1, 0.15) is 11.5 Å². The summed E-state index contributed by atoms with van der Waals surface area (Å²) in [6, 6.07) is 7.25. The lowest BCUT2D eigenvalue weighted by molar-refractivity contribution is 0.446. The van der Waals surface area contributed by atoms with Crippen molar-refractivity contribution in [2.24, 2.45) is 0 Å². The van der Waals surface area contributed by atoms with E-state index in [1.807, 2.05) is 0 Å². The van der Waals surface area contributed by atoms with Crippen LogP contribution in [0.25, 0.3) is 0 Å². The number of aromatic hydroxyl groups is 1. The first-order valence-electron chi connectivity index (χ1n) is 5.29. The third-order valence-corrected chi connectivity index (χ3v) is 3.46. The Morgan fingerprint density at radius 2 is 2.00 bits per heavy atom. The summed E-state index contributed by atoms with van der Waals surface area (Å²) in [4.78, 5) is 3.99. The Labute approximate surface area is 110 Å². The van der Waals surface area contributed by atoms with Crippen LogP contribution in [0.3, 0.4) is 0 Å². The number of hydrogen-bond donors (Lipinski definition) is 2. The summed E-state index contributed by atoms with van der Waals surface area (Å²) in [7, 11) is -3.28. The summed E-state index contributed by atoms with van der Waals surface area (Å²) in [5, 5.41) is 9.42.